The molecule has 0 bridgehead atoms. The molecule has 1 aliphatic heterocycles. The molecule has 0 atom stereocenters. The maximum absolute atomic E-state index is 12.0. The van der Waals surface area contributed by atoms with E-state index in [1.54, 1.807) is 18.2 Å². The van der Waals surface area contributed by atoms with Crippen LogP contribution in [-0.2, 0) is 16.2 Å². The molecule has 5 heteroatoms. The molecule has 1 N–H and O–H groups in total. The predicted molar refractivity (Wildman–Crippen MR) is 75.3 cm³/mol. The molecule has 1 aromatic carbocycles. The molecular formula is C15H20N2O3. The van der Waals surface area contributed by atoms with Crippen molar-refractivity contribution in [2.45, 2.75) is 20.5 Å². The van der Waals surface area contributed by atoms with Gasteiger partial charge in [0.25, 0.3) is 0 Å². The van der Waals surface area contributed by atoms with E-state index in [2.05, 4.69) is 5.48 Å². The number of amides is 1. The van der Waals surface area contributed by atoms with Gasteiger partial charge in [-0.25, -0.2) is 4.79 Å². The quantitative estimate of drug-likeness (QED) is 0.859. The second-order valence-corrected chi connectivity index (χ2v) is 5.40. The summed E-state index contributed by atoms with van der Waals surface area (Å²) in [5.74, 6) is 0. The smallest absolute Gasteiger partial charge is 0.414 e. The lowest BCUT2D eigenvalue weighted by Gasteiger charge is -2.23. The van der Waals surface area contributed by atoms with Crippen LogP contribution >= 0.6 is 0 Å². The molecule has 0 unspecified atom stereocenters. The number of carbonyl (C=O) groups is 1. The van der Waals surface area contributed by atoms with Crippen LogP contribution < -0.4 is 5.48 Å². The van der Waals surface area contributed by atoms with Gasteiger partial charge in [0.2, 0.25) is 0 Å². The fourth-order valence-corrected chi connectivity index (χ4v) is 2.08. The van der Waals surface area contributed by atoms with E-state index in [4.69, 9.17) is 9.57 Å². The molecule has 1 amide bonds. The van der Waals surface area contributed by atoms with Crippen LogP contribution in [0.2, 0.25) is 0 Å². The van der Waals surface area contributed by atoms with Crippen LogP contribution in [0.15, 0.2) is 42.2 Å². The summed E-state index contributed by atoms with van der Waals surface area (Å²) in [6.07, 6.45) is 1.38. The van der Waals surface area contributed by atoms with E-state index in [1.807, 2.05) is 44.2 Å². The topological polar surface area (TPSA) is 50.8 Å². The highest BCUT2D eigenvalue weighted by atomic mass is 16.6. The van der Waals surface area contributed by atoms with Gasteiger partial charge in [0, 0.05) is 18.2 Å². The summed E-state index contributed by atoms with van der Waals surface area (Å²) in [7, 11) is 1.55. The molecule has 0 fully saturated rings. The molecule has 5 nitrogen and oxygen atoms in total. The Morgan fingerprint density at radius 1 is 1.35 bits per heavy atom. The Bertz CT molecular complexity index is 497. The van der Waals surface area contributed by atoms with Gasteiger partial charge in [-0.1, -0.05) is 44.2 Å². The van der Waals surface area contributed by atoms with Crippen molar-refractivity contribution in [2.24, 2.45) is 5.41 Å². The summed E-state index contributed by atoms with van der Waals surface area (Å²) < 4.78 is 5.31. The minimum Gasteiger partial charge on any atom is -0.444 e. The fraction of sp³-hybridized carbons (Fsp3) is 0.400. The summed E-state index contributed by atoms with van der Waals surface area (Å²) in [4.78, 5) is 18.5. The summed E-state index contributed by atoms with van der Waals surface area (Å²) in [6, 6.07) is 9.62. The van der Waals surface area contributed by atoms with Crippen LogP contribution in [0.4, 0.5) is 4.79 Å². The average molecular weight is 276 g/mol. The van der Waals surface area contributed by atoms with Crippen LogP contribution in [0.3, 0.4) is 0 Å². The highest BCUT2D eigenvalue weighted by Gasteiger charge is 2.35. The molecule has 1 aromatic rings. The van der Waals surface area contributed by atoms with Gasteiger partial charge < -0.3 is 4.74 Å². The van der Waals surface area contributed by atoms with Crippen LogP contribution in [0, 0.1) is 5.41 Å². The number of hydrogen-bond donors (Lipinski definition) is 1. The SMILES string of the molecule is CONC1=CN(C(=O)OCc2ccccc2)CC1(C)C. The lowest BCUT2D eigenvalue weighted by atomic mass is 9.92. The van der Waals surface area contributed by atoms with Crippen LogP contribution in [-0.4, -0.2) is 24.6 Å². The first-order valence-corrected chi connectivity index (χ1v) is 6.51. The Hall–Kier alpha value is -2.01. The molecule has 20 heavy (non-hydrogen) atoms. The minimum absolute atomic E-state index is 0.179. The summed E-state index contributed by atoms with van der Waals surface area (Å²) in [6.45, 7) is 4.91. The lowest BCUT2D eigenvalue weighted by molar-refractivity contribution is 0.0969. The first kappa shape index (κ1) is 14.4. The molecule has 0 radical (unpaired) electrons. The van der Waals surface area contributed by atoms with Crippen LogP contribution in [0.1, 0.15) is 19.4 Å². The third-order valence-electron chi connectivity index (χ3n) is 3.23. The zero-order valence-corrected chi connectivity index (χ0v) is 12.1. The maximum Gasteiger partial charge on any atom is 0.414 e. The Labute approximate surface area is 119 Å². The standard InChI is InChI=1S/C15H20N2O3/c1-15(2)11-17(9-13(15)16-19-3)14(18)20-10-12-7-5-4-6-8-12/h4-9,16H,10-11H2,1-3H3. The fourth-order valence-electron chi connectivity index (χ4n) is 2.08. The molecule has 0 aliphatic carbocycles. The Morgan fingerprint density at radius 3 is 2.70 bits per heavy atom. The van der Waals surface area contributed by atoms with Crippen molar-refractivity contribution in [1.82, 2.24) is 10.4 Å². The molecule has 108 valence electrons. The first-order valence-electron chi connectivity index (χ1n) is 6.51. The largest absolute Gasteiger partial charge is 0.444 e. The van der Waals surface area contributed by atoms with Crippen LogP contribution in [0.25, 0.3) is 0 Å². The average Bonchev–Trinajstić information content (AvgIpc) is 2.73. The van der Waals surface area contributed by atoms with Gasteiger partial charge in [-0.15, -0.1) is 0 Å². The van der Waals surface area contributed by atoms with E-state index in [0.717, 1.165) is 11.3 Å². The van der Waals surface area contributed by atoms with Crippen LogP contribution in [0.5, 0.6) is 0 Å². The van der Waals surface area contributed by atoms with Gasteiger partial charge >= 0.3 is 6.09 Å². The molecule has 0 saturated heterocycles. The van der Waals surface area contributed by atoms with Gasteiger partial charge in [-0.3, -0.25) is 15.2 Å². The second kappa shape index (κ2) is 5.96. The summed E-state index contributed by atoms with van der Waals surface area (Å²) in [5.41, 5.74) is 4.46. The number of ether oxygens (including phenoxy) is 1. The number of nitrogens with zero attached hydrogens (tertiary/aromatic N) is 1. The minimum atomic E-state index is -0.352. The van der Waals surface area contributed by atoms with Crippen molar-refractivity contribution in [3.8, 4) is 0 Å². The van der Waals surface area contributed by atoms with Crippen molar-refractivity contribution in [3.63, 3.8) is 0 Å². The van der Waals surface area contributed by atoms with E-state index in [1.165, 1.54) is 0 Å². The first-order chi connectivity index (χ1) is 9.53. The van der Waals surface area contributed by atoms with E-state index < -0.39 is 0 Å². The number of hydroxylamine groups is 1. The number of hydrogen-bond acceptors (Lipinski definition) is 4. The Morgan fingerprint density at radius 2 is 2.05 bits per heavy atom. The highest BCUT2D eigenvalue weighted by Crippen LogP contribution is 2.32. The van der Waals surface area contributed by atoms with Crippen molar-refractivity contribution in [3.05, 3.63) is 47.8 Å². The van der Waals surface area contributed by atoms with Crippen molar-refractivity contribution < 1.29 is 14.4 Å². The summed E-state index contributed by atoms with van der Waals surface area (Å²) >= 11 is 0. The summed E-state index contributed by atoms with van der Waals surface area (Å²) in [5, 5.41) is 0. The normalized spacial score (nSPS) is 16.8. The molecule has 1 heterocycles. The van der Waals surface area contributed by atoms with E-state index in [-0.39, 0.29) is 18.1 Å². The number of rotatable bonds is 4. The van der Waals surface area contributed by atoms with Crippen molar-refractivity contribution >= 4 is 6.09 Å². The molecule has 1 aliphatic rings. The predicted octanol–water partition coefficient (Wildman–Crippen LogP) is 2.66. The molecule has 2 rings (SSSR count). The van der Waals surface area contributed by atoms with E-state index >= 15 is 0 Å². The second-order valence-electron chi connectivity index (χ2n) is 5.40. The van der Waals surface area contributed by atoms with Gasteiger partial charge in [0.05, 0.1) is 12.8 Å². The van der Waals surface area contributed by atoms with Crippen molar-refractivity contribution in [1.29, 1.82) is 0 Å². The third-order valence-corrected chi connectivity index (χ3v) is 3.23. The van der Waals surface area contributed by atoms with Gasteiger partial charge in [-0.2, -0.15) is 0 Å². The van der Waals surface area contributed by atoms with Gasteiger partial charge in [-0.05, 0) is 5.56 Å². The molecular weight excluding hydrogens is 256 g/mol. The molecule has 0 spiro atoms. The van der Waals surface area contributed by atoms with E-state index in [9.17, 15) is 4.79 Å². The van der Waals surface area contributed by atoms with E-state index in [0.29, 0.717) is 6.54 Å². The highest BCUT2D eigenvalue weighted by molar-refractivity contribution is 5.70. The van der Waals surface area contributed by atoms with Gasteiger partial charge in [0.15, 0.2) is 0 Å². The number of benzene rings is 1. The zero-order valence-electron chi connectivity index (χ0n) is 12.1. The zero-order chi connectivity index (χ0) is 14.6. The van der Waals surface area contributed by atoms with Gasteiger partial charge in [0.1, 0.15) is 6.61 Å². The monoisotopic (exact) mass is 276 g/mol. The molecule has 0 aromatic heterocycles. The number of carbonyl (C=O) groups excluding carboxylic acids is 1. The van der Waals surface area contributed by atoms with Crippen molar-refractivity contribution in [2.75, 3.05) is 13.7 Å². The Kier molecular flexibility index (Phi) is 4.29. The number of nitrogens with one attached hydrogen (secondary N) is 1. The third kappa shape index (κ3) is 3.30. The Balaban J connectivity index is 1.94. The maximum atomic E-state index is 12.0. The molecule has 0 saturated carbocycles. The lowest BCUT2D eigenvalue weighted by Crippen LogP contribution is -2.31.